The van der Waals surface area contributed by atoms with Gasteiger partial charge in [0.25, 0.3) is 15.9 Å². The standard InChI is InChI=1S/C24H31N5O4S/c1-24(2,3)17-10-8-16(9-11-17)19(28(4)5)15-26-22-18(14-25)27-23(33-22)20-12-13-21(32-20)34(30,31)29(6)7/h8-13,19,26H,15H2,1-7H3. The highest BCUT2D eigenvalue weighted by atomic mass is 32.2. The topological polar surface area (TPSA) is 116 Å². The summed E-state index contributed by atoms with van der Waals surface area (Å²) in [5.41, 5.74) is 2.50. The van der Waals surface area contributed by atoms with Gasteiger partial charge in [-0.15, -0.1) is 0 Å². The van der Waals surface area contributed by atoms with Crippen molar-refractivity contribution >= 4 is 15.9 Å². The van der Waals surface area contributed by atoms with Gasteiger partial charge in [-0.3, -0.25) is 0 Å². The molecule has 9 nitrogen and oxygen atoms in total. The monoisotopic (exact) mass is 485 g/mol. The minimum absolute atomic E-state index is 0.00885. The number of oxazole rings is 1. The van der Waals surface area contributed by atoms with Crippen molar-refractivity contribution in [2.75, 3.05) is 40.1 Å². The average molecular weight is 486 g/mol. The molecule has 0 saturated heterocycles. The SMILES string of the molecule is CN(C)C(CNc1oc(-c2ccc(S(=O)(=O)N(C)C)o2)nc1C#N)c1ccc(C(C)(C)C)cc1. The molecule has 3 rings (SSSR count). The molecule has 1 unspecified atom stereocenters. The van der Waals surface area contributed by atoms with E-state index in [9.17, 15) is 13.7 Å². The van der Waals surface area contributed by atoms with E-state index < -0.39 is 10.0 Å². The van der Waals surface area contributed by atoms with Gasteiger partial charge in [0.15, 0.2) is 5.76 Å². The number of anilines is 1. The van der Waals surface area contributed by atoms with E-state index in [-0.39, 0.29) is 39.8 Å². The molecule has 0 aliphatic carbocycles. The number of furan rings is 1. The number of likely N-dealkylation sites (N-methyl/N-ethyl adjacent to an activating group) is 1. The van der Waals surface area contributed by atoms with E-state index in [0.717, 1.165) is 9.87 Å². The molecule has 0 saturated carbocycles. The quantitative estimate of drug-likeness (QED) is 0.508. The van der Waals surface area contributed by atoms with Crippen LogP contribution in [0, 0.1) is 11.3 Å². The molecule has 3 aromatic rings. The molecule has 0 fully saturated rings. The van der Waals surface area contributed by atoms with Gasteiger partial charge in [0.1, 0.15) is 6.07 Å². The van der Waals surface area contributed by atoms with Gasteiger partial charge in [-0.25, -0.2) is 12.7 Å². The second-order valence-electron chi connectivity index (χ2n) is 9.45. The van der Waals surface area contributed by atoms with Crippen LogP contribution >= 0.6 is 0 Å². The third-order valence-electron chi connectivity index (χ3n) is 5.50. The molecule has 0 radical (unpaired) electrons. The number of hydrogen-bond acceptors (Lipinski definition) is 8. The normalized spacial score (nSPS) is 13.3. The summed E-state index contributed by atoms with van der Waals surface area (Å²) in [6, 6.07) is 13.3. The number of nitrogens with one attached hydrogen (secondary N) is 1. The van der Waals surface area contributed by atoms with Crippen molar-refractivity contribution in [3.63, 3.8) is 0 Å². The number of nitriles is 1. The fourth-order valence-electron chi connectivity index (χ4n) is 3.37. The molecular formula is C24H31N5O4S. The second-order valence-corrected chi connectivity index (χ2v) is 11.5. The first kappa shape index (κ1) is 25.5. The first-order valence-corrected chi connectivity index (χ1v) is 12.2. The van der Waals surface area contributed by atoms with E-state index in [2.05, 4.69) is 60.2 Å². The molecule has 0 aliphatic rings. The lowest BCUT2D eigenvalue weighted by Gasteiger charge is -2.26. The van der Waals surface area contributed by atoms with Gasteiger partial charge in [0.2, 0.25) is 16.7 Å². The van der Waals surface area contributed by atoms with Crippen molar-refractivity contribution in [2.45, 2.75) is 37.3 Å². The van der Waals surface area contributed by atoms with Crippen molar-refractivity contribution in [1.82, 2.24) is 14.2 Å². The Bertz CT molecular complexity index is 1280. The summed E-state index contributed by atoms with van der Waals surface area (Å²) in [7, 11) is 3.06. The van der Waals surface area contributed by atoms with Gasteiger partial charge >= 0.3 is 0 Å². The van der Waals surface area contributed by atoms with Gasteiger partial charge in [0, 0.05) is 20.6 Å². The zero-order valence-electron chi connectivity index (χ0n) is 20.6. The number of nitrogens with zero attached hydrogens (tertiary/aromatic N) is 4. The Morgan fingerprint density at radius 1 is 1.06 bits per heavy atom. The van der Waals surface area contributed by atoms with Gasteiger partial charge in [0.05, 0.1) is 6.04 Å². The van der Waals surface area contributed by atoms with Crippen LogP contribution in [-0.4, -0.2) is 57.3 Å². The van der Waals surface area contributed by atoms with E-state index in [1.807, 2.05) is 20.2 Å². The Labute approximate surface area is 201 Å². The lowest BCUT2D eigenvalue weighted by atomic mass is 9.86. The zero-order valence-corrected chi connectivity index (χ0v) is 21.4. The van der Waals surface area contributed by atoms with Crippen molar-refractivity contribution in [3.8, 4) is 17.7 Å². The van der Waals surface area contributed by atoms with E-state index in [1.54, 1.807) is 0 Å². The third kappa shape index (κ3) is 5.33. The molecular weight excluding hydrogens is 454 g/mol. The Morgan fingerprint density at radius 2 is 1.71 bits per heavy atom. The van der Waals surface area contributed by atoms with Gasteiger partial charge in [-0.05, 0) is 42.8 Å². The van der Waals surface area contributed by atoms with Crippen LogP contribution in [0.25, 0.3) is 11.7 Å². The summed E-state index contributed by atoms with van der Waals surface area (Å²) in [4.78, 5) is 6.24. The van der Waals surface area contributed by atoms with Crippen molar-refractivity contribution < 1.29 is 17.3 Å². The zero-order chi connectivity index (χ0) is 25.3. The highest BCUT2D eigenvalue weighted by molar-refractivity contribution is 7.88. The molecule has 182 valence electrons. The maximum Gasteiger partial charge on any atom is 0.275 e. The Balaban J connectivity index is 1.82. The molecule has 0 bridgehead atoms. The number of aromatic nitrogens is 1. The Kier molecular flexibility index (Phi) is 7.21. The molecule has 10 heteroatoms. The largest absolute Gasteiger partial charge is 0.438 e. The molecule has 2 aromatic heterocycles. The van der Waals surface area contributed by atoms with E-state index in [4.69, 9.17) is 8.83 Å². The fraction of sp³-hybridized carbons (Fsp3) is 0.417. The predicted octanol–water partition coefficient (Wildman–Crippen LogP) is 4.07. The van der Waals surface area contributed by atoms with Crippen molar-refractivity contribution in [1.29, 1.82) is 5.26 Å². The summed E-state index contributed by atoms with van der Waals surface area (Å²) in [5.74, 6) is 0.339. The first-order chi connectivity index (χ1) is 15.8. The van der Waals surface area contributed by atoms with Crippen LogP contribution < -0.4 is 5.32 Å². The summed E-state index contributed by atoms with van der Waals surface area (Å²) in [6.07, 6.45) is 0. The van der Waals surface area contributed by atoms with Gasteiger partial charge in [-0.1, -0.05) is 45.0 Å². The lowest BCUT2D eigenvalue weighted by molar-refractivity contribution is 0.310. The molecule has 0 spiro atoms. The van der Waals surface area contributed by atoms with Crippen LogP contribution in [0.4, 0.5) is 5.88 Å². The maximum absolute atomic E-state index is 12.3. The Morgan fingerprint density at radius 3 is 2.24 bits per heavy atom. The molecule has 0 aliphatic heterocycles. The van der Waals surface area contributed by atoms with E-state index in [0.29, 0.717) is 6.54 Å². The number of hydrogen-bond donors (Lipinski definition) is 1. The van der Waals surface area contributed by atoms with Crippen LogP contribution in [0.5, 0.6) is 0 Å². The molecule has 1 N–H and O–H groups in total. The van der Waals surface area contributed by atoms with Crippen LogP contribution in [-0.2, 0) is 15.4 Å². The smallest absolute Gasteiger partial charge is 0.275 e. The molecule has 1 aromatic carbocycles. The third-order valence-corrected chi connectivity index (χ3v) is 7.19. The molecule has 1 atom stereocenters. The molecule has 0 amide bonds. The second kappa shape index (κ2) is 9.62. The van der Waals surface area contributed by atoms with Crippen LogP contribution in [0.3, 0.4) is 0 Å². The molecule has 2 heterocycles. The summed E-state index contributed by atoms with van der Waals surface area (Å²) < 4.78 is 36.8. The van der Waals surface area contributed by atoms with Crippen molar-refractivity contribution in [2.24, 2.45) is 0 Å². The van der Waals surface area contributed by atoms with Crippen LogP contribution in [0.1, 0.15) is 43.6 Å². The predicted molar refractivity (Wildman–Crippen MR) is 130 cm³/mol. The average Bonchev–Trinajstić information content (AvgIpc) is 3.40. The van der Waals surface area contributed by atoms with Gasteiger partial charge in [-0.2, -0.15) is 10.2 Å². The summed E-state index contributed by atoms with van der Waals surface area (Å²) >= 11 is 0. The summed E-state index contributed by atoms with van der Waals surface area (Å²) in [5, 5.41) is 12.5. The minimum atomic E-state index is -3.74. The van der Waals surface area contributed by atoms with Crippen molar-refractivity contribution in [3.05, 3.63) is 53.2 Å². The number of rotatable bonds is 8. The summed E-state index contributed by atoms with van der Waals surface area (Å²) in [6.45, 7) is 6.99. The molecule has 34 heavy (non-hydrogen) atoms. The first-order valence-electron chi connectivity index (χ1n) is 10.8. The van der Waals surface area contributed by atoms with Crippen LogP contribution in [0.2, 0.25) is 0 Å². The highest BCUT2D eigenvalue weighted by Gasteiger charge is 2.25. The van der Waals surface area contributed by atoms with Gasteiger partial charge < -0.3 is 19.1 Å². The number of benzene rings is 1. The van der Waals surface area contributed by atoms with E-state index in [1.165, 1.54) is 31.8 Å². The Hall–Kier alpha value is -3.13. The number of sulfonamides is 1. The van der Waals surface area contributed by atoms with Crippen LogP contribution in [0.15, 0.2) is 50.3 Å². The highest BCUT2D eigenvalue weighted by Crippen LogP contribution is 2.30. The fourth-order valence-corrected chi connectivity index (χ4v) is 4.16. The van der Waals surface area contributed by atoms with E-state index >= 15 is 0 Å². The maximum atomic E-state index is 12.3. The lowest BCUT2D eigenvalue weighted by Crippen LogP contribution is -2.27. The minimum Gasteiger partial charge on any atom is -0.438 e.